The van der Waals surface area contributed by atoms with Crippen LogP contribution in [0.4, 0.5) is 4.79 Å². The maximum atomic E-state index is 12.4. The first-order valence-electron chi connectivity index (χ1n) is 9.85. The Morgan fingerprint density at radius 2 is 2.14 bits per heavy atom. The molecule has 2 aliphatic rings. The van der Waals surface area contributed by atoms with Crippen LogP contribution in [0.2, 0.25) is 0 Å². The highest BCUT2D eigenvalue weighted by atomic mass is 16.5. The van der Waals surface area contributed by atoms with E-state index < -0.39 is 0 Å². The topological polar surface area (TPSA) is 124 Å². The van der Waals surface area contributed by atoms with Crippen LogP contribution < -0.4 is 5.32 Å². The average molecular weight is 396 g/mol. The van der Waals surface area contributed by atoms with Crippen LogP contribution in [-0.2, 0) is 9.53 Å². The quantitative estimate of drug-likeness (QED) is 0.606. The molecule has 0 aromatic carbocycles. The van der Waals surface area contributed by atoms with Gasteiger partial charge in [-0.3, -0.25) is 9.89 Å². The second-order valence-electron chi connectivity index (χ2n) is 7.23. The van der Waals surface area contributed by atoms with Gasteiger partial charge in [-0.2, -0.15) is 5.10 Å². The van der Waals surface area contributed by atoms with Crippen LogP contribution in [0.25, 0.3) is 0 Å². The van der Waals surface area contributed by atoms with Gasteiger partial charge in [0, 0.05) is 45.8 Å². The normalized spacial score (nSPS) is 20.9. The van der Waals surface area contributed by atoms with Gasteiger partial charge in [-0.1, -0.05) is 0 Å². The third-order valence-corrected chi connectivity index (χ3v) is 5.36. The predicted octanol–water partition coefficient (Wildman–Crippen LogP) is 0.753. The first-order valence-corrected chi connectivity index (χ1v) is 9.85. The Hall–Kier alpha value is -2.20. The standard InChI is InChI=1S/C17H30N6O2.CH2O2/c1-25-10-9-22-6-2-3-14(12-22)11-18-17(24)23-7-4-15(5-8-23)16-19-13-20-21-16;2-1-3/h13-15H,2-12H2,1H3,(H,18,24)(H,19,20,21);1H,(H,2,3). The van der Waals surface area contributed by atoms with Gasteiger partial charge >= 0.3 is 6.03 Å². The third kappa shape index (κ3) is 7.08. The van der Waals surface area contributed by atoms with Gasteiger partial charge in [0.05, 0.1) is 6.61 Å². The fraction of sp³-hybridized carbons (Fsp3) is 0.778. The van der Waals surface area contributed by atoms with Gasteiger partial charge < -0.3 is 25.0 Å². The van der Waals surface area contributed by atoms with Crippen LogP contribution in [0.3, 0.4) is 0 Å². The molecule has 1 atom stereocenters. The lowest BCUT2D eigenvalue weighted by atomic mass is 9.96. The van der Waals surface area contributed by atoms with Crippen LogP contribution in [-0.4, -0.2) is 95.6 Å². The molecule has 0 aliphatic carbocycles. The van der Waals surface area contributed by atoms with Crippen molar-refractivity contribution >= 4 is 12.5 Å². The fourth-order valence-electron chi connectivity index (χ4n) is 3.85. The third-order valence-electron chi connectivity index (χ3n) is 5.36. The second-order valence-corrected chi connectivity index (χ2v) is 7.23. The highest BCUT2D eigenvalue weighted by Gasteiger charge is 2.26. The van der Waals surface area contributed by atoms with E-state index in [1.165, 1.54) is 12.8 Å². The maximum Gasteiger partial charge on any atom is 0.317 e. The average Bonchev–Trinajstić information content (AvgIpc) is 3.26. The van der Waals surface area contributed by atoms with Crippen molar-refractivity contribution in [3.05, 3.63) is 12.2 Å². The van der Waals surface area contributed by atoms with E-state index in [-0.39, 0.29) is 12.5 Å². The molecule has 2 aliphatic heterocycles. The number of nitrogens with one attached hydrogen (secondary N) is 2. The number of ether oxygens (including phenoxy) is 1. The molecule has 2 fully saturated rings. The van der Waals surface area contributed by atoms with Crippen LogP contribution in [0.15, 0.2) is 6.33 Å². The van der Waals surface area contributed by atoms with Crippen molar-refractivity contribution in [1.82, 2.24) is 30.3 Å². The SMILES string of the molecule is COCCN1CCCC(CNC(=O)N2CCC(c3ncn[nH]3)CC2)C1.O=CO. The summed E-state index contributed by atoms with van der Waals surface area (Å²) in [7, 11) is 1.74. The number of carbonyl (C=O) groups is 2. The molecule has 10 heteroatoms. The second kappa shape index (κ2) is 12.3. The number of methoxy groups -OCH3 is 1. The Balaban J connectivity index is 0.000000878. The molecule has 0 saturated carbocycles. The first kappa shape index (κ1) is 22.1. The van der Waals surface area contributed by atoms with Gasteiger partial charge in [-0.15, -0.1) is 0 Å². The van der Waals surface area contributed by atoms with Crippen LogP contribution in [0.5, 0.6) is 0 Å². The number of rotatable bonds is 6. The Morgan fingerprint density at radius 3 is 2.79 bits per heavy atom. The molecular formula is C18H32N6O4. The number of carbonyl (C=O) groups excluding carboxylic acids is 1. The number of nitrogens with zero attached hydrogens (tertiary/aromatic N) is 4. The molecule has 3 heterocycles. The number of carboxylic acid groups (broad SMARTS) is 1. The number of hydrogen-bond donors (Lipinski definition) is 3. The monoisotopic (exact) mass is 396 g/mol. The maximum absolute atomic E-state index is 12.4. The minimum Gasteiger partial charge on any atom is -0.483 e. The molecule has 2 saturated heterocycles. The molecular weight excluding hydrogens is 364 g/mol. The fourth-order valence-corrected chi connectivity index (χ4v) is 3.85. The van der Waals surface area contributed by atoms with E-state index in [0.29, 0.717) is 11.8 Å². The Labute approximate surface area is 165 Å². The number of aromatic amines is 1. The van der Waals surface area contributed by atoms with E-state index >= 15 is 0 Å². The Kier molecular flexibility index (Phi) is 9.70. The van der Waals surface area contributed by atoms with Crippen molar-refractivity contribution < 1.29 is 19.4 Å². The van der Waals surface area contributed by atoms with Gasteiger partial charge in [0.25, 0.3) is 6.47 Å². The summed E-state index contributed by atoms with van der Waals surface area (Å²) in [6.07, 6.45) is 5.83. The highest BCUT2D eigenvalue weighted by Crippen LogP contribution is 2.25. The lowest BCUT2D eigenvalue weighted by Gasteiger charge is -2.34. The van der Waals surface area contributed by atoms with Crippen LogP contribution >= 0.6 is 0 Å². The van der Waals surface area contributed by atoms with E-state index in [1.807, 2.05) is 4.90 Å². The Bertz CT molecular complexity index is 562. The van der Waals surface area contributed by atoms with Crippen LogP contribution in [0, 0.1) is 5.92 Å². The van der Waals surface area contributed by atoms with Crippen molar-refractivity contribution in [1.29, 1.82) is 0 Å². The number of amides is 2. The van der Waals surface area contributed by atoms with Gasteiger partial charge in [0.1, 0.15) is 12.2 Å². The molecule has 28 heavy (non-hydrogen) atoms. The van der Waals surface area contributed by atoms with Gasteiger partial charge in [-0.05, 0) is 38.1 Å². The summed E-state index contributed by atoms with van der Waals surface area (Å²) in [6, 6.07) is 0.0741. The summed E-state index contributed by atoms with van der Waals surface area (Å²) in [4.78, 5) is 29.4. The molecule has 3 N–H and O–H groups in total. The minimum atomic E-state index is -0.250. The molecule has 1 aromatic heterocycles. The zero-order valence-corrected chi connectivity index (χ0v) is 16.5. The summed E-state index contributed by atoms with van der Waals surface area (Å²) in [5.41, 5.74) is 0. The number of hydrogen-bond acceptors (Lipinski definition) is 6. The van der Waals surface area contributed by atoms with Gasteiger partial charge in [0.2, 0.25) is 0 Å². The Morgan fingerprint density at radius 1 is 1.39 bits per heavy atom. The first-order chi connectivity index (χ1) is 13.7. The molecule has 2 amide bonds. The molecule has 0 bridgehead atoms. The lowest BCUT2D eigenvalue weighted by molar-refractivity contribution is -0.122. The number of H-pyrrole nitrogens is 1. The minimum absolute atomic E-state index is 0.0741. The van der Waals surface area contributed by atoms with Crippen molar-refractivity contribution in [2.45, 2.75) is 31.6 Å². The molecule has 1 aromatic rings. The van der Waals surface area contributed by atoms with Gasteiger partial charge in [-0.25, -0.2) is 9.78 Å². The highest BCUT2D eigenvalue weighted by molar-refractivity contribution is 5.74. The smallest absolute Gasteiger partial charge is 0.317 e. The van der Waals surface area contributed by atoms with Crippen molar-refractivity contribution in [2.24, 2.45) is 5.92 Å². The lowest BCUT2D eigenvalue weighted by Crippen LogP contribution is -2.47. The van der Waals surface area contributed by atoms with E-state index in [0.717, 1.165) is 64.5 Å². The van der Waals surface area contributed by atoms with E-state index in [4.69, 9.17) is 14.6 Å². The van der Waals surface area contributed by atoms with Crippen LogP contribution in [0.1, 0.15) is 37.4 Å². The van der Waals surface area contributed by atoms with E-state index in [2.05, 4.69) is 25.4 Å². The van der Waals surface area contributed by atoms with Crippen molar-refractivity contribution in [3.8, 4) is 0 Å². The molecule has 1 unspecified atom stereocenters. The summed E-state index contributed by atoms with van der Waals surface area (Å²) in [6.45, 7) is 6.03. The summed E-state index contributed by atoms with van der Waals surface area (Å²) >= 11 is 0. The summed E-state index contributed by atoms with van der Waals surface area (Å²) < 4.78 is 5.16. The largest absolute Gasteiger partial charge is 0.483 e. The number of piperidine rings is 2. The van der Waals surface area contributed by atoms with Crippen molar-refractivity contribution in [2.75, 3.05) is 53.0 Å². The summed E-state index contributed by atoms with van der Waals surface area (Å²) in [5.74, 6) is 1.87. The molecule has 158 valence electrons. The summed E-state index contributed by atoms with van der Waals surface area (Å²) in [5, 5.41) is 16.9. The molecule has 10 nitrogen and oxygen atoms in total. The van der Waals surface area contributed by atoms with Gasteiger partial charge in [0.15, 0.2) is 0 Å². The van der Waals surface area contributed by atoms with Crippen molar-refractivity contribution in [3.63, 3.8) is 0 Å². The zero-order valence-electron chi connectivity index (χ0n) is 16.5. The molecule has 3 rings (SSSR count). The number of likely N-dealkylation sites (tertiary alicyclic amines) is 2. The number of urea groups is 1. The predicted molar refractivity (Wildman–Crippen MR) is 103 cm³/mol. The number of aromatic nitrogens is 3. The van der Waals surface area contributed by atoms with E-state index in [1.54, 1.807) is 13.4 Å². The van der Waals surface area contributed by atoms with E-state index in [9.17, 15) is 4.79 Å². The molecule has 0 radical (unpaired) electrons. The zero-order chi connectivity index (χ0) is 20.2. The molecule has 0 spiro atoms.